The summed E-state index contributed by atoms with van der Waals surface area (Å²) in [5.41, 5.74) is 0. The third-order valence-corrected chi connectivity index (χ3v) is 4.52. The molecule has 0 bridgehead atoms. The van der Waals surface area contributed by atoms with Crippen molar-refractivity contribution in [1.82, 2.24) is 0 Å². The van der Waals surface area contributed by atoms with Gasteiger partial charge in [-0.05, 0) is 45.8 Å². The van der Waals surface area contributed by atoms with Gasteiger partial charge in [0.25, 0.3) is 0 Å². The van der Waals surface area contributed by atoms with Crippen LogP contribution in [0.4, 0.5) is 0 Å². The molecular weight excluding hydrogens is 326 g/mol. The van der Waals surface area contributed by atoms with Crippen molar-refractivity contribution in [1.29, 1.82) is 0 Å². The molecule has 4 aromatic rings. The predicted octanol–water partition coefficient (Wildman–Crippen LogP) is 2.04. The largest absolute Gasteiger partial charge is 1.00 e. The van der Waals surface area contributed by atoms with Gasteiger partial charge in [-0.25, -0.2) is 0 Å². The van der Waals surface area contributed by atoms with Crippen molar-refractivity contribution < 1.29 is 32.8 Å². The Balaban J connectivity index is 0.00000182. The normalized spacial score (nSPS) is 10.6. The zero-order valence-electron chi connectivity index (χ0n) is 13.8. The van der Waals surface area contributed by atoms with Crippen LogP contribution in [0.15, 0.2) is 84.9 Å². The van der Waals surface area contributed by atoms with Gasteiger partial charge in [-0.2, -0.15) is 0 Å². The molecule has 0 aliphatic heterocycles. The second kappa shape index (κ2) is 7.91. The first-order valence-electron chi connectivity index (χ1n) is 7.59. The fourth-order valence-corrected chi connectivity index (χ4v) is 3.25. The third kappa shape index (κ3) is 4.15. The second-order valence-corrected chi connectivity index (χ2v) is 6.24. The van der Waals surface area contributed by atoms with Crippen molar-refractivity contribution in [3.8, 4) is 11.5 Å². The van der Waals surface area contributed by atoms with Gasteiger partial charge in [0.1, 0.15) is 11.5 Å². The first kappa shape index (κ1) is 17.8. The van der Waals surface area contributed by atoms with Crippen LogP contribution in [0.25, 0.3) is 21.5 Å². The maximum atomic E-state index is 12.2. The van der Waals surface area contributed by atoms with Crippen molar-refractivity contribution in [3.63, 3.8) is 0 Å². The molecule has 0 saturated heterocycles. The summed E-state index contributed by atoms with van der Waals surface area (Å²) in [7, 11) is -2.29. The molecule has 0 radical (unpaired) electrons. The van der Waals surface area contributed by atoms with Crippen LogP contribution in [0.3, 0.4) is 0 Å². The van der Waals surface area contributed by atoms with Crippen LogP contribution in [0.5, 0.6) is 11.5 Å². The molecule has 3 nitrogen and oxygen atoms in total. The Morgan fingerprint density at radius 2 is 0.960 bits per heavy atom. The van der Waals surface area contributed by atoms with E-state index < -0.39 is 8.60 Å². The van der Waals surface area contributed by atoms with E-state index in [1.54, 1.807) is 12.1 Å². The van der Waals surface area contributed by atoms with E-state index in [2.05, 4.69) is 0 Å². The van der Waals surface area contributed by atoms with Gasteiger partial charge in [-0.1, -0.05) is 60.7 Å². The van der Waals surface area contributed by atoms with Gasteiger partial charge in [0, 0.05) is 0 Å². The maximum Gasteiger partial charge on any atom is 1.00 e. The standard InChI is InChI=1S/C20H14O3P.Li/c21-24(22-19-11-9-15-5-1-3-7-17(15)13-19)23-20-12-10-16-6-2-4-8-18(16)14-20;/h1-14H;/q-1;+1. The molecule has 0 aliphatic rings. The van der Waals surface area contributed by atoms with E-state index in [4.69, 9.17) is 9.05 Å². The van der Waals surface area contributed by atoms with Gasteiger partial charge in [-0.3, -0.25) is 0 Å². The molecule has 0 spiro atoms. The van der Waals surface area contributed by atoms with E-state index in [0.717, 1.165) is 21.5 Å². The molecule has 0 atom stereocenters. The number of rotatable bonds is 4. The number of hydrogen-bond donors (Lipinski definition) is 0. The van der Waals surface area contributed by atoms with Crippen LogP contribution >= 0.6 is 8.60 Å². The SMILES string of the molecule is [Li+].[O-]P(Oc1ccc2ccccc2c1)Oc1ccc2ccccc2c1. The molecule has 118 valence electrons. The minimum Gasteiger partial charge on any atom is -0.765 e. The van der Waals surface area contributed by atoms with Crippen molar-refractivity contribution in [3.05, 3.63) is 84.9 Å². The Bertz CT molecular complexity index is 925. The van der Waals surface area contributed by atoms with Crippen molar-refractivity contribution >= 4 is 30.1 Å². The molecule has 0 aromatic heterocycles. The van der Waals surface area contributed by atoms with Crippen LogP contribution in [0.1, 0.15) is 0 Å². The minimum absolute atomic E-state index is 0. The van der Waals surface area contributed by atoms with Gasteiger partial charge < -0.3 is 13.9 Å². The zero-order valence-corrected chi connectivity index (χ0v) is 14.6. The maximum absolute atomic E-state index is 12.2. The summed E-state index contributed by atoms with van der Waals surface area (Å²) in [6, 6.07) is 27.0. The molecule has 0 amide bonds. The fraction of sp³-hybridized carbons (Fsp3) is 0. The van der Waals surface area contributed by atoms with E-state index in [1.807, 2.05) is 72.8 Å². The summed E-state index contributed by atoms with van der Waals surface area (Å²) in [5, 5.41) is 4.28. The Kier molecular flexibility index (Phi) is 5.63. The van der Waals surface area contributed by atoms with Crippen LogP contribution in [0, 0.1) is 0 Å². The molecular formula is C20H14LiO3P. The molecule has 0 aliphatic carbocycles. The van der Waals surface area contributed by atoms with Crippen LogP contribution < -0.4 is 32.8 Å². The number of fused-ring (bicyclic) bond motifs is 2. The van der Waals surface area contributed by atoms with E-state index in [0.29, 0.717) is 11.5 Å². The summed E-state index contributed by atoms with van der Waals surface area (Å²) in [6.07, 6.45) is 0. The van der Waals surface area contributed by atoms with Gasteiger partial charge in [0.15, 0.2) is 0 Å². The van der Waals surface area contributed by atoms with E-state index in [-0.39, 0.29) is 18.9 Å². The van der Waals surface area contributed by atoms with Crippen LogP contribution in [-0.2, 0) is 0 Å². The summed E-state index contributed by atoms with van der Waals surface area (Å²) >= 11 is 0. The molecule has 0 saturated carbocycles. The predicted molar refractivity (Wildman–Crippen MR) is 96.1 cm³/mol. The van der Waals surface area contributed by atoms with Crippen molar-refractivity contribution in [2.24, 2.45) is 0 Å². The molecule has 0 N–H and O–H groups in total. The summed E-state index contributed by atoms with van der Waals surface area (Å²) in [6.45, 7) is 0. The quantitative estimate of drug-likeness (QED) is 0.422. The monoisotopic (exact) mass is 340 g/mol. The van der Waals surface area contributed by atoms with Crippen LogP contribution in [0.2, 0.25) is 0 Å². The van der Waals surface area contributed by atoms with E-state index in [9.17, 15) is 4.89 Å². The van der Waals surface area contributed by atoms with Crippen molar-refractivity contribution in [2.45, 2.75) is 0 Å². The first-order valence-corrected chi connectivity index (χ1v) is 8.68. The van der Waals surface area contributed by atoms with Gasteiger partial charge in [-0.15, -0.1) is 0 Å². The molecule has 25 heavy (non-hydrogen) atoms. The van der Waals surface area contributed by atoms with Gasteiger partial charge in [0.2, 0.25) is 8.60 Å². The molecule has 4 rings (SSSR count). The Morgan fingerprint density at radius 3 is 1.40 bits per heavy atom. The topological polar surface area (TPSA) is 41.5 Å². The fourth-order valence-electron chi connectivity index (χ4n) is 2.64. The Hall–Kier alpha value is -2.01. The van der Waals surface area contributed by atoms with Gasteiger partial charge in [0.05, 0.1) is 0 Å². The first-order chi connectivity index (χ1) is 11.8. The average molecular weight is 340 g/mol. The summed E-state index contributed by atoms with van der Waals surface area (Å²) in [4.78, 5) is 12.2. The smallest absolute Gasteiger partial charge is 0.765 e. The Morgan fingerprint density at radius 1 is 0.560 bits per heavy atom. The van der Waals surface area contributed by atoms with Crippen LogP contribution in [-0.4, -0.2) is 0 Å². The Labute approximate surface area is 159 Å². The molecule has 5 heteroatoms. The molecule has 0 unspecified atom stereocenters. The van der Waals surface area contributed by atoms with E-state index in [1.165, 1.54) is 0 Å². The molecule has 0 heterocycles. The molecule has 0 fully saturated rings. The number of benzene rings is 4. The second-order valence-electron chi connectivity index (χ2n) is 5.42. The average Bonchev–Trinajstić information content (AvgIpc) is 2.61. The van der Waals surface area contributed by atoms with Gasteiger partial charge >= 0.3 is 18.9 Å². The summed E-state index contributed by atoms with van der Waals surface area (Å²) in [5.74, 6) is 1.05. The third-order valence-electron chi connectivity index (χ3n) is 3.80. The minimum atomic E-state index is -2.29. The molecule has 4 aromatic carbocycles. The van der Waals surface area contributed by atoms with E-state index >= 15 is 0 Å². The summed E-state index contributed by atoms with van der Waals surface area (Å²) < 4.78 is 10.9. The zero-order chi connectivity index (χ0) is 16.4. The van der Waals surface area contributed by atoms with Crippen molar-refractivity contribution in [2.75, 3.05) is 0 Å². The number of hydrogen-bond acceptors (Lipinski definition) is 3.